The Bertz CT molecular complexity index is 361. The third kappa shape index (κ3) is 2.65. The van der Waals surface area contributed by atoms with Crippen LogP contribution >= 0.6 is 11.3 Å². The van der Waals surface area contributed by atoms with Gasteiger partial charge in [-0.3, -0.25) is 0 Å². The molecule has 14 heavy (non-hydrogen) atoms. The average Bonchev–Trinajstić information content (AvgIpc) is 2.68. The lowest BCUT2D eigenvalue weighted by Gasteiger charge is -1.94. The Morgan fingerprint density at radius 2 is 2.50 bits per heavy atom. The molecule has 0 spiro atoms. The van der Waals surface area contributed by atoms with Gasteiger partial charge in [-0.15, -0.1) is 11.3 Å². The first-order chi connectivity index (χ1) is 6.81. The summed E-state index contributed by atoms with van der Waals surface area (Å²) < 4.78 is 0. The third-order valence-electron chi connectivity index (χ3n) is 1.75. The highest BCUT2D eigenvalue weighted by molar-refractivity contribution is 7.09. The number of aromatic nitrogens is 1. The van der Waals surface area contributed by atoms with Crippen LogP contribution < -0.4 is 5.73 Å². The Hall–Kier alpha value is -1.19. The van der Waals surface area contributed by atoms with Gasteiger partial charge in [-0.05, 0) is 12.5 Å². The summed E-state index contributed by atoms with van der Waals surface area (Å²) >= 11 is 1.59. The molecule has 0 aliphatic carbocycles. The van der Waals surface area contributed by atoms with Crippen LogP contribution in [0, 0.1) is 0 Å². The highest BCUT2D eigenvalue weighted by atomic mass is 32.1. The molecule has 0 aliphatic rings. The van der Waals surface area contributed by atoms with Gasteiger partial charge >= 0.3 is 0 Å². The van der Waals surface area contributed by atoms with E-state index in [4.69, 9.17) is 5.73 Å². The third-order valence-corrected chi connectivity index (χ3v) is 2.62. The van der Waals surface area contributed by atoms with E-state index < -0.39 is 0 Å². The van der Waals surface area contributed by atoms with Crippen molar-refractivity contribution in [3.8, 4) is 0 Å². The van der Waals surface area contributed by atoms with Gasteiger partial charge < -0.3 is 5.73 Å². The first kappa shape index (κ1) is 10.9. The van der Waals surface area contributed by atoms with Crippen LogP contribution in [0.4, 0.5) is 0 Å². The molecule has 1 aromatic rings. The quantitative estimate of drug-likeness (QED) is 0.769. The fraction of sp³-hybridized carbons (Fsp3) is 0.182. The lowest BCUT2D eigenvalue weighted by Crippen LogP contribution is -1.95. The van der Waals surface area contributed by atoms with E-state index in [0.29, 0.717) is 6.54 Å². The molecule has 1 aromatic heterocycles. The summed E-state index contributed by atoms with van der Waals surface area (Å²) in [7, 11) is 0. The van der Waals surface area contributed by atoms with Crippen LogP contribution in [0.15, 0.2) is 36.3 Å². The van der Waals surface area contributed by atoms with E-state index in [9.17, 15) is 0 Å². The second-order valence-corrected chi connectivity index (χ2v) is 3.61. The van der Waals surface area contributed by atoms with E-state index in [0.717, 1.165) is 16.3 Å². The summed E-state index contributed by atoms with van der Waals surface area (Å²) in [6.45, 7) is 6.13. The van der Waals surface area contributed by atoms with Crippen molar-refractivity contribution in [1.82, 2.24) is 4.98 Å². The van der Waals surface area contributed by atoms with Crippen molar-refractivity contribution in [3.63, 3.8) is 0 Å². The molecule has 0 saturated heterocycles. The zero-order valence-electron chi connectivity index (χ0n) is 8.23. The number of thiazole rings is 1. The number of nitrogens with zero attached hydrogens (tertiary/aromatic N) is 1. The maximum Gasteiger partial charge on any atom is 0.107 e. The van der Waals surface area contributed by atoms with Crippen LogP contribution in [-0.2, 0) is 6.54 Å². The minimum atomic E-state index is 0.507. The van der Waals surface area contributed by atoms with E-state index in [-0.39, 0.29) is 0 Å². The predicted molar refractivity (Wildman–Crippen MR) is 63.0 cm³/mol. The van der Waals surface area contributed by atoms with E-state index in [1.54, 1.807) is 17.4 Å². The molecule has 0 aromatic carbocycles. The molecule has 0 radical (unpaired) electrons. The molecule has 3 heteroatoms. The molecule has 0 amide bonds. The smallest absolute Gasteiger partial charge is 0.107 e. The minimum Gasteiger partial charge on any atom is -0.325 e. The summed E-state index contributed by atoms with van der Waals surface area (Å²) in [4.78, 5) is 4.39. The van der Waals surface area contributed by atoms with Crippen molar-refractivity contribution in [2.24, 2.45) is 5.73 Å². The van der Waals surface area contributed by atoms with Gasteiger partial charge in [-0.25, -0.2) is 4.98 Å². The van der Waals surface area contributed by atoms with Crippen LogP contribution in [0.3, 0.4) is 0 Å². The molecule has 0 saturated carbocycles. The lowest BCUT2D eigenvalue weighted by molar-refractivity contribution is 1.03. The van der Waals surface area contributed by atoms with Gasteiger partial charge in [-0.2, -0.15) is 0 Å². The molecule has 0 unspecified atom stereocenters. The number of hydrogen-bond donors (Lipinski definition) is 1. The van der Waals surface area contributed by atoms with Crippen molar-refractivity contribution in [2.75, 3.05) is 0 Å². The van der Waals surface area contributed by atoms with Gasteiger partial charge in [0.2, 0.25) is 0 Å². The predicted octanol–water partition coefficient (Wildman–Crippen LogP) is 2.75. The zero-order valence-corrected chi connectivity index (χ0v) is 9.05. The second-order valence-electron chi connectivity index (χ2n) is 2.67. The maximum atomic E-state index is 5.50. The van der Waals surface area contributed by atoms with E-state index in [2.05, 4.69) is 11.6 Å². The minimum absolute atomic E-state index is 0.507. The van der Waals surface area contributed by atoms with Crippen molar-refractivity contribution in [2.45, 2.75) is 13.5 Å². The Balaban J connectivity index is 2.90. The summed E-state index contributed by atoms with van der Waals surface area (Å²) in [5, 5.41) is 2.98. The molecule has 0 fully saturated rings. The van der Waals surface area contributed by atoms with Gasteiger partial charge in [0.05, 0.1) is 5.69 Å². The highest BCUT2D eigenvalue weighted by Crippen LogP contribution is 2.18. The van der Waals surface area contributed by atoms with Gasteiger partial charge in [0, 0.05) is 11.9 Å². The zero-order chi connectivity index (χ0) is 10.4. The number of nitrogens with two attached hydrogens (primary N) is 1. The molecular formula is C11H14N2S. The van der Waals surface area contributed by atoms with Crippen LogP contribution in [0.5, 0.6) is 0 Å². The molecule has 74 valence electrons. The number of hydrogen-bond acceptors (Lipinski definition) is 3. The maximum absolute atomic E-state index is 5.50. The van der Waals surface area contributed by atoms with Crippen LogP contribution in [0.25, 0.3) is 5.57 Å². The van der Waals surface area contributed by atoms with Gasteiger partial charge in [-0.1, -0.05) is 30.9 Å². The van der Waals surface area contributed by atoms with Gasteiger partial charge in [0.15, 0.2) is 0 Å². The lowest BCUT2D eigenvalue weighted by atomic mass is 10.2. The van der Waals surface area contributed by atoms with E-state index in [1.807, 2.05) is 30.5 Å². The van der Waals surface area contributed by atoms with E-state index >= 15 is 0 Å². The molecule has 0 bridgehead atoms. The summed E-state index contributed by atoms with van der Waals surface area (Å²) in [5.74, 6) is 0. The standard InChI is InChI=1S/C11H14N2S/c1-3-5-6-9(4-2)10-8-14-11(7-12)13-10/h3-6,8H,1,7,12H2,2H3/b6-5-,9-4+. The van der Waals surface area contributed by atoms with Crippen molar-refractivity contribution >= 4 is 16.9 Å². The Morgan fingerprint density at radius 1 is 1.71 bits per heavy atom. The molecule has 0 aliphatic heterocycles. The van der Waals surface area contributed by atoms with Crippen LogP contribution in [0.1, 0.15) is 17.6 Å². The molecule has 1 rings (SSSR count). The van der Waals surface area contributed by atoms with Crippen LogP contribution in [-0.4, -0.2) is 4.98 Å². The second kappa shape index (κ2) is 5.52. The summed E-state index contributed by atoms with van der Waals surface area (Å²) in [6.07, 6.45) is 7.66. The number of rotatable bonds is 4. The largest absolute Gasteiger partial charge is 0.325 e. The van der Waals surface area contributed by atoms with Gasteiger partial charge in [0.25, 0.3) is 0 Å². The molecule has 2 N–H and O–H groups in total. The SMILES string of the molecule is C=C/C=C\C(=C/C)c1csc(CN)n1. The molecule has 0 atom stereocenters. The van der Waals surface area contributed by atoms with E-state index in [1.165, 1.54) is 0 Å². The molecular weight excluding hydrogens is 192 g/mol. The Kier molecular flexibility index (Phi) is 4.29. The molecule has 1 heterocycles. The Labute approximate surface area is 88.5 Å². The fourth-order valence-electron chi connectivity index (χ4n) is 1.04. The van der Waals surface area contributed by atoms with Crippen LogP contribution in [0.2, 0.25) is 0 Å². The Morgan fingerprint density at radius 3 is 3.00 bits per heavy atom. The number of allylic oxidation sites excluding steroid dienone is 5. The average molecular weight is 206 g/mol. The fourth-order valence-corrected chi connectivity index (χ4v) is 1.72. The van der Waals surface area contributed by atoms with Crippen molar-refractivity contribution < 1.29 is 0 Å². The monoisotopic (exact) mass is 206 g/mol. The highest BCUT2D eigenvalue weighted by Gasteiger charge is 2.02. The topological polar surface area (TPSA) is 38.9 Å². The van der Waals surface area contributed by atoms with Gasteiger partial charge in [0.1, 0.15) is 5.01 Å². The molecule has 2 nitrogen and oxygen atoms in total. The summed E-state index contributed by atoms with van der Waals surface area (Å²) in [6, 6.07) is 0. The van der Waals surface area contributed by atoms with Crippen molar-refractivity contribution in [3.05, 3.63) is 47.0 Å². The first-order valence-corrected chi connectivity index (χ1v) is 5.30. The summed E-state index contributed by atoms with van der Waals surface area (Å²) in [5.41, 5.74) is 7.58. The first-order valence-electron chi connectivity index (χ1n) is 4.42. The normalized spacial score (nSPS) is 12.3. The van der Waals surface area contributed by atoms with Crippen molar-refractivity contribution in [1.29, 1.82) is 0 Å².